The maximum Gasteiger partial charge on any atom is 0.244 e. The molecule has 0 saturated heterocycles. The Labute approximate surface area is 130 Å². The number of carbonyl (C=O) groups is 1. The molecular formula is C16H22ClNO3. The highest BCUT2D eigenvalue weighted by Crippen LogP contribution is 2.23. The standard InChI is InChI=1S/C16H22ClNO3/c1-11(8-12(2)19)10-18-16(20)7-4-13-9-14(17)5-6-15(13)21-3/h4-7,9,11-12,19H,8,10H2,1-3H3,(H,18,20). The van der Waals surface area contributed by atoms with Crippen LogP contribution in [-0.2, 0) is 4.79 Å². The Morgan fingerprint density at radius 3 is 2.81 bits per heavy atom. The molecule has 4 nitrogen and oxygen atoms in total. The van der Waals surface area contributed by atoms with E-state index in [-0.39, 0.29) is 17.9 Å². The third-order valence-corrected chi connectivity index (χ3v) is 3.21. The van der Waals surface area contributed by atoms with Crippen molar-refractivity contribution in [2.24, 2.45) is 5.92 Å². The van der Waals surface area contributed by atoms with Crippen molar-refractivity contribution in [2.75, 3.05) is 13.7 Å². The zero-order valence-electron chi connectivity index (χ0n) is 12.6. The molecular weight excluding hydrogens is 290 g/mol. The number of carbonyl (C=O) groups excluding carboxylic acids is 1. The molecule has 0 aromatic heterocycles. The van der Waals surface area contributed by atoms with Crippen LogP contribution in [0.25, 0.3) is 6.08 Å². The van der Waals surface area contributed by atoms with Gasteiger partial charge in [0.2, 0.25) is 5.91 Å². The summed E-state index contributed by atoms with van der Waals surface area (Å²) in [5.41, 5.74) is 0.747. The van der Waals surface area contributed by atoms with Gasteiger partial charge in [-0.2, -0.15) is 0 Å². The minimum Gasteiger partial charge on any atom is -0.496 e. The van der Waals surface area contributed by atoms with E-state index in [1.54, 1.807) is 38.3 Å². The van der Waals surface area contributed by atoms with E-state index in [1.165, 1.54) is 6.08 Å². The highest BCUT2D eigenvalue weighted by Gasteiger charge is 2.07. The molecule has 1 rings (SSSR count). The second kappa shape index (κ2) is 8.70. The normalized spacial score (nSPS) is 14.0. The van der Waals surface area contributed by atoms with E-state index in [4.69, 9.17) is 16.3 Å². The lowest BCUT2D eigenvalue weighted by atomic mass is 10.0. The van der Waals surface area contributed by atoms with Gasteiger partial charge in [0.15, 0.2) is 0 Å². The Bertz CT molecular complexity index is 500. The maximum atomic E-state index is 11.8. The molecule has 0 aliphatic carbocycles. The molecule has 0 radical (unpaired) electrons. The maximum absolute atomic E-state index is 11.8. The van der Waals surface area contributed by atoms with Gasteiger partial charge in [-0.15, -0.1) is 0 Å². The predicted molar refractivity (Wildman–Crippen MR) is 85.5 cm³/mol. The number of ether oxygens (including phenoxy) is 1. The van der Waals surface area contributed by atoms with Crippen LogP contribution in [-0.4, -0.2) is 30.8 Å². The van der Waals surface area contributed by atoms with Gasteiger partial charge >= 0.3 is 0 Å². The van der Waals surface area contributed by atoms with Crippen LogP contribution < -0.4 is 10.1 Å². The zero-order chi connectivity index (χ0) is 15.8. The number of hydrogen-bond acceptors (Lipinski definition) is 3. The van der Waals surface area contributed by atoms with Crippen LogP contribution in [0.5, 0.6) is 5.75 Å². The summed E-state index contributed by atoms with van der Waals surface area (Å²) in [6.45, 7) is 4.25. The molecule has 2 N–H and O–H groups in total. The van der Waals surface area contributed by atoms with Crippen LogP contribution in [0.15, 0.2) is 24.3 Å². The molecule has 0 aliphatic heterocycles. The van der Waals surface area contributed by atoms with Crippen molar-refractivity contribution >= 4 is 23.6 Å². The van der Waals surface area contributed by atoms with Crippen LogP contribution in [0.2, 0.25) is 5.02 Å². The van der Waals surface area contributed by atoms with Crippen LogP contribution in [0.3, 0.4) is 0 Å². The number of hydrogen-bond donors (Lipinski definition) is 2. The van der Waals surface area contributed by atoms with Gasteiger partial charge in [0.1, 0.15) is 5.75 Å². The fraction of sp³-hybridized carbons (Fsp3) is 0.438. The van der Waals surface area contributed by atoms with E-state index < -0.39 is 0 Å². The summed E-state index contributed by atoms with van der Waals surface area (Å²) in [4.78, 5) is 11.8. The number of aliphatic hydroxyl groups excluding tert-OH is 1. The first-order valence-corrected chi connectivity index (χ1v) is 7.27. The van der Waals surface area contributed by atoms with Gasteiger partial charge in [-0.25, -0.2) is 0 Å². The van der Waals surface area contributed by atoms with Gasteiger partial charge in [-0.05, 0) is 43.5 Å². The molecule has 0 heterocycles. The summed E-state index contributed by atoms with van der Waals surface area (Å²) < 4.78 is 5.21. The first kappa shape index (κ1) is 17.5. The lowest BCUT2D eigenvalue weighted by molar-refractivity contribution is -0.116. The van der Waals surface area contributed by atoms with E-state index in [9.17, 15) is 9.90 Å². The number of nitrogens with one attached hydrogen (secondary N) is 1. The van der Waals surface area contributed by atoms with Gasteiger partial charge in [-0.3, -0.25) is 4.79 Å². The Morgan fingerprint density at radius 1 is 1.48 bits per heavy atom. The average Bonchev–Trinajstić information content (AvgIpc) is 2.42. The summed E-state index contributed by atoms with van der Waals surface area (Å²) in [7, 11) is 1.57. The molecule has 0 fully saturated rings. The number of aliphatic hydroxyl groups is 1. The van der Waals surface area contributed by atoms with Crippen molar-refractivity contribution in [1.29, 1.82) is 0 Å². The van der Waals surface area contributed by atoms with Gasteiger partial charge in [-0.1, -0.05) is 18.5 Å². The number of halogens is 1. The quantitative estimate of drug-likeness (QED) is 0.761. The Balaban J connectivity index is 2.56. The fourth-order valence-corrected chi connectivity index (χ4v) is 2.18. The monoisotopic (exact) mass is 311 g/mol. The molecule has 0 spiro atoms. The molecule has 5 heteroatoms. The number of rotatable bonds is 7. The second-order valence-electron chi connectivity index (χ2n) is 5.15. The van der Waals surface area contributed by atoms with Crippen LogP contribution in [0.4, 0.5) is 0 Å². The largest absolute Gasteiger partial charge is 0.496 e. The van der Waals surface area contributed by atoms with E-state index in [0.29, 0.717) is 23.7 Å². The van der Waals surface area contributed by atoms with E-state index >= 15 is 0 Å². The smallest absolute Gasteiger partial charge is 0.244 e. The third kappa shape index (κ3) is 6.65. The highest BCUT2D eigenvalue weighted by molar-refractivity contribution is 6.30. The lowest BCUT2D eigenvalue weighted by Crippen LogP contribution is -2.27. The van der Waals surface area contributed by atoms with Gasteiger partial charge in [0.05, 0.1) is 13.2 Å². The minimum absolute atomic E-state index is 0.186. The van der Waals surface area contributed by atoms with E-state index in [1.807, 2.05) is 6.92 Å². The summed E-state index contributed by atoms with van der Waals surface area (Å²) in [6.07, 6.45) is 3.41. The number of methoxy groups -OCH3 is 1. The number of amides is 1. The average molecular weight is 312 g/mol. The van der Waals surface area contributed by atoms with Crippen molar-refractivity contribution in [3.8, 4) is 5.75 Å². The van der Waals surface area contributed by atoms with Crippen molar-refractivity contribution < 1.29 is 14.6 Å². The molecule has 1 aromatic rings. The molecule has 0 bridgehead atoms. The Morgan fingerprint density at radius 2 is 2.19 bits per heavy atom. The summed E-state index contributed by atoms with van der Waals surface area (Å²) in [5, 5.41) is 12.7. The van der Waals surface area contributed by atoms with E-state index in [2.05, 4.69) is 5.32 Å². The first-order valence-electron chi connectivity index (χ1n) is 6.90. The molecule has 2 unspecified atom stereocenters. The third-order valence-electron chi connectivity index (χ3n) is 2.97. The van der Waals surface area contributed by atoms with Crippen LogP contribution in [0, 0.1) is 5.92 Å². The van der Waals surface area contributed by atoms with Crippen molar-refractivity contribution in [1.82, 2.24) is 5.32 Å². The zero-order valence-corrected chi connectivity index (χ0v) is 13.4. The number of benzene rings is 1. The second-order valence-corrected chi connectivity index (χ2v) is 5.59. The molecule has 2 atom stereocenters. The summed E-state index contributed by atoms with van der Waals surface area (Å²) in [5.74, 6) is 0.698. The summed E-state index contributed by atoms with van der Waals surface area (Å²) in [6, 6.07) is 5.22. The highest BCUT2D eigenvalue weighted by atomic mass is 35.5. The Kier molecular flexibility index (Phi) is 7.26. The van der Waals surface area contributed by atoms with E-state index in [0.717, 1.165) is 5.56 Å². The van der Waals surface area contributed by atoms with Crippen molar-refractivity contribution in [3.63, 3.8) is 0 Å². The Hall–Kier alpha value is -1.52. The molecule has 1 aromatic carbocycles. The summed E-state index contributed by atoms with van der Waals surface area (Å²) >= 11 is 5.93. The van der Waals surface area contributed by atoms with Crippen LogP contribution >= 0.6 is 11.6 Å². The fourth-order valence-electron chi connectivity index (χ4n) is 2.00. The van der Waals surface area contributed by atoms with Crippen LogP contribution in [0.1, 0.15) is 25.8 Å². The minimum atomic E-state index is -0.358. The van der Waals surface area contributed by atoms with Gasteiger partial charge in [0.25, 0.3) is 0 Å². The molecule has 1 amide bonds. The SMILES string of the molecule is COc1ccc(Cl)cc1C=CC(=O)NCC(C)CC(C)O. The predicted octanol–water partition coefficient (Wildman–Crippen LogP) is 2.89. The van der Waals surface area contributed by atoms with Gasteiger partial charge < -0.3 is 15.2 Å². The first-order chi connectivity index (χ1) is 9.92. The molecule has 0 aliphatic rings. The molecule has 21 heavy (non-hydrogen) atoms. The lowest BCUT2D eigenvalue weighted by Gasteiger charge is -2.13. The van der Waals surface area contributed by atoms with Crippen molar-refractivity contribution in [3.05, 3.63) is 34.9 Å². The van der Waals surface area contributed by atoms with Crippen molar-refractivity contribution in [2.45, 2.75) is 26.4 Å². The molecule has 116 valence electrons. The van der Waals surface area contributed by atoms with Gasteiger partial charge in [0, 0.05) is 23.2 Å². The molecule has 0 saturated carbocycles. The topological polar surface area (TPSA) is 58.6 Å².